The lowest BCUT2D eigenvalue weighted by atomic mass is 9.83. The molecule has 2 aliphatic heterocycles. The normalized spacial score (nSPS) is 15.3. The molecule has 18 nitrogen and oxygen atoms in total. The molecule has 8 rings (SSSR count). The summed E-state index contributed by atoms with van der Waals surface area (Å²) in [5, 5.41) is 90.3. The number of nitrogens with zero attached hydrogens (tertiary/aromatic N) is 8. The van der Waals surface area contributed by atoms with Crippen LogP contribution in [-0.4, -0.2) is 90.5 Å². The maximum absolute atomic E-state index is 13.2. The number of amides is 2. The van der Waals surface area contributed by atoms with E-state index in [1.165, 1.54) is 26.6 Å². The van der Waals surface area contributed by atoms with Gasteiger partial charge in [-0.3, -0.25) is 19.3 Å². The Balaban J connectivity index is 1.36. The molecule has 0 unspecified atom stereocenters. The topological polar surface area (TPSA) is 256 Å². The van der Waals surface area contributed by atoms with Gasteiger partial charge in [0.1, 0.15) is 11.5 Å². The van der Waals surface area contributed by atoms with Crippen molar-refractivity contribution in [2.45, 2.75) is 53.4 Å². The van der Waals surface area contributed by atoms with Crippen LogP contribution in [0, 0.1) is 13.8 Å². The molecular weight excluding hydrogens is 825 g/mol. The molecule has 0 fully saturated rings. The molecule has 0 saturated heterocycles. The number of hydrogen-bond donors (Lipinski definition) is 6. The van der Waals surface area contributed by atoms with Gasteiger partial charge in [0.25, 0.3) is 0 Å². The molecule has 0 aliphatic carbocycles. The molecular formula is C46H42N8O10. The predicted molar refractivity (Wildman–Crippen MR) is 240 cm³/mol. The highest BCUT2D eigenvalue weighted by Gasteiger charge is 2.38. The molecule has 0 atom stereocenters. The van der Waals surface area contributed by atoms with Crippen molar-refractivity contribution in [2.75, 3.05) is 24.3 Å². The number of carbonyl (C=O) groups excluding carboxylic acids is 2. The van der Waals surface area contributed by atoms with Crippen LogP contribution in [0.3, 0.4) is 0 Å². The molecule has 18 heteroatoms. The van der Waals surface area contributed by atoms with Gasteiger partial charge in [0.15, 0.2) is 46.1 Å². The monoisotopic (exact) mass is 866 g/mol. The fourth-order valence-electron chi connectivity index (χ4n) is 8.55. The van der Waals surface area contributed by atoms with Gasteiger partial charge in [0.2, 0.25) is 0 Å². The van der Waals surface area contributed by atoms with Crippen molar-refractivity contribution in [2.24, 2.45) is 20.4 Å². The van der Waals surface area contributed by atoms with Crippen molar-refractivity contribution in [3.63, 3.8) is 0 Å². The molecule has 2 amide bonds. The standard InChI is InChI=1S/C46H42N8O10/c1-19(2)29-25-15-21(5)31(39(57)33(25)27(37(55)41(29)59)17-49-51-35-23-11-9-13-47-43(23)53(63-7)45(35)61)32-22(6)16-26-30(20(3)4)42(60)38(56)28(34(26)40(32)58)18-50-52-36-24-12-10-14-48-44(24)54(64-8)46(36)62/h9-20,55-60H,1-8H3/b49-17+,50-18+,51-35-,52-36+. The van der Waals surface area contributed by atoms with Crippen molar-refractivity contribution in [1.29, 1.82) is 0 Å². The van der Waals surface area contributed by atoms with Gasteiger partial charge in [-0.1, -0.05) is 39.8 Å². The van der Waals surface area contributed by atoms with Crippen LogP contribution in [0.5, 0.6) is 34.5 Å². The van der Waals surface area contributed by atoms with Crippen molar-refractivity contribution in [3.05, 3.63) is 93.3 Å². The number of aromatic hydroxyl groups is 6. The quantitative estimate of drug-likeness (QED) is 0.0488. The van der Waals surface area contributed by atoms with Crippen molar-refractivity contribution in [1.82, 2.24) is 9.97 Å². The predicted octanol–water partition coefficient (Wildman–Crippen LogP) is 7.01. The van der Waals surface area contributed by atoms with E-state index in [2.05, 4.69) is 30.4 Å². The van der Waals surface area contributed by atoms with Crippen molar-refractivity contribution in [3.8, 4) is 45.6 Å². The van der Waals surface area contributed by atoms with Gasteiger partial charge >= 0.3 is 11.8 Å². The van der Waals surface area contributed by atoms with Crippen LogP contribution < -0.4 is 10.1 Å². The molecule has 0 saturated carbocycles. The minimum absolute atomic E-state index is 0.0379. The number of carbonyl (C=O) groups is 2. The maximum atomic E-state index is 13.2. The van der Waals surface area contributed by atoms with Gasteiger partial charge in [-0.05, 0) is 71.8 Å². The summed E-state index contributed by atoms with van der Waals surface area (Å²) in [6.07, 6.45) is 5.16. The summed E-state index contributed by atoms with van der Waals surface area (Å²) in [5.74, 6) is -4.61. The van der Waals surface area contributed by atoms with E-state index in [1.807, 2.05) is 0 Å². The summed E-state index contributed by atoms with van der Waals surface area (Å²) in [6, 6.07) is 9.85. The summed E-state index contributed by atoms with van der Waals surface area (Å²) in [5.41, 5.74) is 1.91. The maximum Gasteiger partial charge on any atom is 0.304 e. The Hall–Kier alpha value is -7.96. The minimum atomic E-state index is -0.646. The Morgan fingerprint density at radius 1 is 0.594 bits per heavy atom. The van der Waals surface area contributed by atoms with Crippen LogP contribution in [-0.2, 0) is 19.3 Å². The number of aryl methyl sites for hydroxylation is 2. The first-order chi connectivity index (χ1) is 30.5. The average Bonchev–Trinajstić information content (AvgIpc) is 3.69. The summed E-state index contributed by atoms with van der Waals surface area (Å²) in [7, 11) is 2.60. The molecule has 2 aromatic heterocycles. The van der Waals surface area contributed by atoms with E-state index in [0.717, 1.165) is 22.6 Å². The Morgan fingerprint density at radius 3 is 1.31 bits per heavy atom. The number of hydrogen-bond acceptors (Lipinski definition) is 16. The van der Waals surface area contributed by atoms with E-state index in [1.54, 1.807) is 77.9 Å². The van der Waals surface area contributed by atoms with Crippen molar-refractivity contribution < 1.29 is 49.9 Å². The number of benzene rings is 4. The summed E-state index contributed by atoms with van der Waals surface area (Å²) >= 11 is 0. The van der Waals surface area contributed by atoms with E-state index in [0.29, 0.717) is 44.2 Å². The van der Waals surface area contributed by atoms with Crippen LogP contribution in [0.15, 0.2) is 69.2 Å². The number of phenolic OH excluding ortho intramolecular Hbond substituents is 6. The third-order valence-electron chi connectivity index (χ3n) is 11.3. The van der Waals surface area contributed by atoms with Gasteiger partial charge in [0.05, 0.1) is 48.9 Å². The zero-order chi connectivity index (χ0) is 46.0. The number of rotatable bonds is 9. The molecule has 6 N–H and O–H groups in total. The Morgan fingerprint density at radius 2 is 0.969 bits per heavy atom. The molecule has 4 aromatic carbocycles. The number of pyridine rings is 2. The number of fused-ring (bicyclic) bond motifs is 4. The zero-order valence-electron chi connectivity index (χ0n) is 35.8. The average molecular weight is 867 g/mol. The summed E-state index contributed by atoms with van der Waals surface area (Å²) in [4.78, 5) is 45.2. The largest absolute Gasteiger partial charge is 0.507 e. The molecule has 6 aromatic rings. The van der Waals surface area contributed by atoms with E-state index < -0.39 is 46.3 Å². The SMILES string of the molecule is CON1C(=O)/C(=N\N=C\c2c(O)c(O)c(C(C)C)c3cc(C)c(-c4c(C)cc5c(C(C)C)c(O)c(O)c(/C=N/N=C6/C(=O)N(OC)c7ncccc76)c5c4O)c(O)c23)c2cccnc21. The first-order valence-electron chi connectivity index (χ1n) is 19.9. The fraction of sp³-hybridized carbons (Fsp3) is 0.217. The first-order valence-corrected chi connectivity index (χ1v) is 19.9. The van der Waals surface area contributed by atoms with Crippen LogP contribution in [0.2, 0.25) is 0 Å². The third kappa shape index (κ3) is 6.41. The molecule has 4 heterocycles. The molecule has 0 spiro atoms. The molecule has 326 valence electrons. The summed E-state index contributed by atoms with van der Waals surface area (Å²) in [6.45, 7) is 10.6. The Kier molecular flexibility index (Phi) is 10.7. The van der Waals surface area contributed by atoms with E-state index in [9.17, 15) is 40.2 Å². The lowest BCUT2D eigenvalue weighted by Gasteiger charge is -2.23. The molecule has 0 bridgehead atoms. The van der Waals surface area contributed by atoms with E-state index in [-0.39, 0.29) is 67.9 Å². The smallest absolute Gasteiger partial charge is 0.304 e. The molecule has 0 radical (unpaired) electrons. The lowest BCUT2D eigenvalue weighted by Crippen LogP contribution is -2.29. The summed E-state index contributed by atoms with van der Waals surface area (Å²) < 4.78 is 0. The van der Waals surface area contributed by atoms with E-state index >= 15 is 0 Å². The second kappa shape index (κ2) is 16.1. The second-order valence-corrected chi connectivity index (χ2v) is 15.7. The van der Waals surface area contributed by atoms with Crippen LogP contribution in [0.25, 0.3) is 32.7 Å². The minimum Gasteiger partial charge on any atom is -0.507 e. The van der Waals surface area contributed by atoms with Crippen molar-refractivity contribution >= 4 is 68.8 Å². The highest BCUT2D eigenvalue weighted by molar-refractivity contribution is 6.54. The second-order valence-electron chi connectivity index (χ2n) is 15.7. The van der Waals surface area contributed by atoms with Crippen LogP contribution >= 0.6 is 0 Å². The molecule has 2 aliphatic rings. The van der Waals surface area contributed by atoms with Gasteiger partial charge in [0, 0.05) is 45.4 Å². The Labute approximate surface area is 364 Å². The Bertz CT molecular complexity index is 2930. The van der Waals surface area contributed by atoms with Gasteiger partial charge in [-0.25, -0.2) is 9.97 Å². The number of anilines is 2. The number of phenols is 6. The first kappa shape index (κ1) is 42.7. The number of hydroxylamine groups is 2. The van der Waals surface area contributed by atoms with Gasteiger partial charge < -0.3 is 30.6 Å². The zero-order valence-corrected chi connectivity index (χ0v) is 35.8. The van der Waals surface area contributed by atoms with E-state index in [4.69, 9.17) is 9.68 Å². The number of aromatic nitrogens is 2. The van der Waals surface area contributed by atoms with Gasteiger partial charge in [-0.15, -0.1) is 10.2 Å². The molecule has 64 heavy (non-hydrogen) atoms. The highest BCUT2D eigenvalue weighted by Crippen LogP contribution is 2.54. The van der Waals surface area contributed by atoms with Crippen LogP contribution in [0.1, 0.15) is 84.0 Å². The highest BCUT2D eigenvalue weighted by atomic mass is 16.7. The third-order valence-corrected chi connectivity index (χ3v) is 11.3. The fourth-order valence-corrected chi connectivity index (χ4v) is 8.55. The van der Waals surface area contributed by atoms with Gasteiger partial charge in [-0.2, -0.15) is 20.3 Å². The lowest BCUT2D eigenvalue weighted by molar-refractivity contribution is -0.118. The van der Waals surface area contributed by atoms with Crippen LogP contribution in [0.4, 0.5) is 11.6 Å².